The Hall–Kier alpha value is -1.95. The molecule has 4 nitrogen and oxygen atoms in total. The van der Waals surface area contributed by atoms with Gasteiger partial charge in [-0.25, -0.2) is 0 Å². The number of hydrogen-bond acceptors (Lipinski definition) is 3. The molecule has 0 heterocycles. The van der Waals surface area contributed by atoms with Crippen molar-refractivity contribution >= 4 is 5.91 Å². The number of carbonyl (C=O) groups excluding carboxylic acids is 1. The maximum atomic E-state index is 12.1. The third kappa shape index (κ3) is 3.77. The van der Waals surface area contributed by atoms with Crippen molar-refractivity contribution in [2.45, 2.75) is 19.1 Å². The van der Waals surface area contributed by atoms with E-state index in [9.17, 15) is 13.6 Å². The van der Waals surface area contributed by atoms with E-state index in [1.54, 1.807) is 0 Å². The van der Waals surface area contributed by atoms with E-state index in [1.807, 2.05) is 12.2 Å². The first kappa shape index (κ1) is 14.5. The second-order valence-corrected chi connectivity index (χ2v) is 4.55. The summed E-state index contributed by atoms with van der Waals surface area (Å²) in [6.07, 6.45) is 4.30. The van der Waals surface area contributed by atoms with Crippen molar-refractivity contribution in [1.29, 1.82) is 0 Å². The van der Waals surface area contributed by atoms with Crippen LogP contribution in [0, 0.1) is 5.92 Å². The van der Waals surface area contributed by atoms with Gasteiger partial charge in [-0.3, -0.25) is 4.79 Å². The number of aliphatic hydroxyl groups excluding tert-OH is 1. The Morgan fingerprint density at radius 1 is 1.45 bits per heavy atom. The molecule has 0 aliphatic heterocycles. The summed E-state index contributed by atoms with van der Waals surface area (Å²) in [6.45, 7) is -2.88. The normalized spacial score (nSPS) is 21.2. The van der Waals surface area contributed by atoms with Gasteiger partial charge < -0.3 is 15.2 Å². The largest absolute Gasteiger partial charge is 0.435 e. The number of hydrogen-bond donors (Lipinski definition) is 2. The lowest BCUT2D eigenvalue weighted by molar-refractivity contribution is -0.0498. The Labute approximate surface area is 115 Å². The van der Waals surface area contributed by atoms with E-state index < -0.39 is 6.61 Å². The zero-order chi connectivity index (χ0) is 14.5. The molecule has 1 aromatic carbocycles. The lowest BCUT2D eigenvalue weighted by Crippen LogP contribution is -2.32. The van der Waals surface area contributed by atoms with Gasteiger partial charge in [0.15, 0.2) is 0 Å². The first-order chi connectivity index (χ1) is 9.58. The molecule has 0 radical (unpaired) electrons. The average Bonchev–Trinajstić information content (AvgIpc) is 2.86. The van der Waals surface area contributed by atoms with Gasteiger partial charge in [-0.2, -0.15) is 8.78 Å². The lowest BCUT2D eigenvalue weighted by Gasteiger charge is -2.13. The van der Waals surface area contributed by atoms with Crippen LogP contribution in [0.2, 0.25) is 0 Å². The van der Waals surface area contributed by atoms with E-state index >= 15 is 0 Å². The Balaban J connectivity index is 1.97. The van der Waals surface area contributed by atoms with Gasteiger partial charge in [0, 0.05) is 24.1 Å². The first-order valence-electron chi connectivity index (χ1n) is 6.23. The van der Waals surface area contributed by atoms with Crippen molar-refractivity contribution in [3.63, 3.8) is 0 Å². The molecule has 2 atom stereocenters. The maximum Gasteiger partial charge on any atom is 0.387 e. The summed E-state index contributed by atoms with van der Waals surface area (Å²) >= 11 is 0. The van der Waals surface area contributed by atoms with E-state index in [1.165, 1.54) is 24.3 Å². The Bertz CT molecular complexity index is 505. The molecule has 1 aliphatic rings. The smallest absolute Gasteiger partial charge is 0.387 e. The molecule has 0 unspecified atom stereocenters. The number of benzene rings is 1. The third-order valence-corrected chi connectivity index (χ3v) is 3.04. The van der Waals surface area contributed by atoms with Crippen molar-refractivity contribution in [2.75, 3.05) is 6.61 Å². The van der Waals surface area contributed by atoms with Gasteiger partial charge in [-0.05, 0) is 24.6 Å². The number of ether oxygens (including phenoxy) is 1. The number of aliphatic hydroxyl groups is 1. The SMILES string of the molecule is O=C(N[C@@H]1C=C[C@H](CO)C1)c1cccc(OC(F)F)c1. The molecule has 0 saturated carbocycles. The Kier molecular flexibility index (Phi) is 4.68. The van der Waals surface area contributed by atoms with Gasteiger partial charge >= 0.3 is 6.61 Å². The Morgan fingerprint density at radius 3 is 2.90 bits per heavy atom. The molecular weight excluding hydrogens is 268 g/mol. The molecule has 0 saturated heterocycles. The summed E-state index contributed by atoms with van der Waals surface area (Å²) in [5.41, 5.74) is 0.254. The van der Waals surface area contributed by atoms with Crippen LogP contribution < -0.4 is 10.1 Å². The van der Waals surface area contributed by atoms with Gasteiger partial charge in [0.25, 0.3) is 5.91 Å². The molecule has 108 valence electrons. The van der Waals surface area contributed by atoms with Crippen LogP contribution in [0.15, 0.2) is 36.4 Å². The maximum absolute atomic E-state index is 12.1. The van der Waals surface area contributed by atoms with E-state index in [0.29, 0.717) is 6.42 Å². The quantitative estimate of drug-likeness (QED) is 0.812. The van der Waals surface area contributed by atoms with Gasteiger partial charge in [-0.15, -0.1) is 0 Å². The summed E-state index contributed by atoms with van der Waals surface area (Å²) in [6, 6.07) is 5.48. The van der Waals surface area contributed by atoms with Crippen LogP contribution in [-0.2, 0) is 0 Å². The van der Waals surface area contributed by atoms with Gasteiger partial charge in [-0.1, -0.05) is 18.2 Å². The fourth-order valence-electron chi connectivity index (χ4n) is 2.08. The van der Waals surface area contributed by atoms with Crippen LogP contribution in [0.1, 0.15) is 16.8 Å². The standard InChI is InChI=1S/C14H15F2NO3/c15-14(16)20-12-3-1-2-10(7-12)13(19)17-11-5-4-9(6-11)8-18/h1-5,7,9,11,14,18H,6,8H2,(H,17,19)/t9-,11+/m0/s1. The molecule has 2 N–H and O–H groups in total. The van der Waals surface area contributed by atoms with E-state index in [4.69, 9.17) is 5.11 Å². The lowest BCUT2D eigenvalue weighted by atomic mass is 10.1. The minimum Gasteiger partial charge on any atom is -0.435 e. The third-order valence-electron chi connectivity index (χ3n) is 3.04. The monoisotopic (exact) mass is 283 g/mol. The minimum atomic E-state index is -2.92. The number of amides is 1. The highest BCUT2D eigenvalue weighted by atomic mass is 19.3. The zero-order valence-corrected chi connectivity index (χ0v) is 10.6. The molecule has 6 heteroatoms. The van der Waals surface area contributed by atoms with Crippen LogP contribution in [-0.4, -0.2) is 30.3 Å². The molecule has 1 amide bonds. The molecule has 0 spiro atoms. The Morgan fingerprint density at radius 2 is 2.25 bits per heavy atom. The summed E-state index contributed by atoms with van der Waals surface area (Å²) in [5.74, 6) is -0.366. The van der Waals surface area contributed by atoms with Crippen LogP contribution in [0.4, 0.5) is 8.78 Å². The number of alkyl halides is 2. The van der Waals surface area contributed by atoms with Gasteiger partial charge in [0.1, 0.15) is 5.75 Å². The van der Waals surface area contributed by atoms with Crippen LogP contribution >= 0.6 is 0 Å². The van der Waals surface area contributed by atoms with Crippen LogP contribution in [0.3, 0.4) is 0 Å². The second-order valence-electron chi connectivity index (χ2n) is 4.55. The van der Waals surface area contributed by atoms with Crippen molar-refractivity contribution in [2.24, 2.45) is 5.92 Å². The average molecular weight is 283 g/mol. The fraction of sp³-hybridized carbons (Fsp3) is 0.357. The predicted molar refractivity (Wildman–Crippen MR) is 68.7 cm³/mol. The van der Waals surface area contributed by atoms with E-state index in [0.717, 1.165) is 0 Å². The molecule has 0 fully saturated rings. The van der Waals surface area contributed by atoms with Crippen molar-refractivity contribution in [3.05, 3.63) is 42.0 Å². The predicted octanol–water partition coefficient (Wildman–Crippen LogP) is 1.95. The number of carbonyl (C=O) groups is 1. The molecule has 1 aliphatic carbocycles. The molecule has 1 aromatic rings. The second kappa shape index (κ2) is 6.47. The molecular formula is C14H15F2NO3. The zero-order valence-electron chi connectivity index (χ0n) is 10.6. The number of nitrogens with one attached hydrogen (secondary N) is 1. The van der Waals surface area contributed by atoms with Crippen LogP contribution in [0.5, 0.6) is 5.75 Å². The molecule has 0 aromatic heterocycles. The summed E-state index contributed by atoms with van der Waals surface area (Å²) in [7, 11) is 0. The van der Waals surface area contributed by atoms with Crippen LogP contribution in [0.25, 0.3) is 0 Å². The molecule has 2 rings (SSSR count). The summed E-state index contributed by atoms with van der Waals surface area (Å²) in [5, 5.41) is 11.8. The first-order valence-corrected chi connectivity index (χ1v) is 6.23. The summed E-state index contributed by atoms with van der Waals surface area (Å²) < 4.78 is 28.5. The minimum absolute atomic E-state index is 0.0422. The van der Waals surface area contributed by atoms with Gasteiger partial charge in [0.2, 0.25) is 0 Å². The van der Waals surface area contributed by atoms with E-state index in [2.05, 4.69) is 10.1 Å². The number of rotatable bonds is 5. The van der Waals surface area contributed by atoms with Gasteiger partial charge in [0.05, 0.1) is 0 Å². The van der Waals surface area contributed by atoms with Crippen molar-refractivity contribution in [3.8, 4) is 5.75 Å². The topological polar surface area (TPSA) is 58.6 Å². The fourth-order valence-corrected chi connectivity index (χ4v) is 2.08. The van der Waals surface area contributed by atoms with E-state index in [-0.39, 0.29) is 35.8 Å². The van der Waals surface area contributed by atoms with Crippen molar-refractivity contribution in [1.82, 2.24) is 5.32 Å². The summed E-state index contributed by atoms with van der Waals surface area (Å²) in [4.78, 5) is 12.0. The molecule has 0 bridgehead atoms. The number of halogens is 2. The molecule has 20 heavy (non-hydrogen) atoms. The highest BCUT2D eigenvalue weighted by Crippen LogP contribution is 2.19. The highest BCUT2D eigenvalue weighted by molar-refractivity contribution is 5.94. The highest BCUT2D eigenvalue weighted by Gasteiger charge is 2.20. The van der Waals surface area contributed by atoms with Crippen molar-refractivity contribution < 1.29 is 23.4 Å².